The summed E-state index contributed by atoms with van der Waals surface area (Å²) in [5, 5.41) is 4.22. The second-order valence-electron chi connectivity index (χ2n) is 5.04. The minimum atomic E-state index is -0.577. The van der Waals surface area contributed by atoms with Crippen LogP contribution in [0.15, 0.2) is 53.3 Å². The van der Waals surface area contributed by atoms with Gasteiger partial charge in [-0.2, -0.15) is 9.78 Å². The first-order valence-electron chi connectivity index (χ1n) is 6.78. The van der Waals surface area contributed by atoms with Crippen molar-refractivity contribution in [3.8, 4) is 16.9 Å². The number of halogens is 3. The maximum Gasteiger partial charge on any atom is 0.274 e. The predicted molar refractivity (Wildman–Crippen MR) is 84.9 cm³/mol. The lowest BCUT2D eigenvalue weighted by Crippen LogP contribution is -2.23. The van der Waals surface area contributed by atoms with Crippen molar-refractivity contribution in [2.24, 2.45) is 0 Å². The molecule has 116 valence electrons. The fourth-order valence-electron chi connectivity index (χ4n) is 2.20. The summed E-state index contributed by atoms with van der Waals surface area (Å²) in [7, 11) is 0. The summed E-state index contributed by atoms with van der Waals surface area (Å²) < 4.78 is 28.1. The fraction of sp³-hybridized carbons (Fsp3) is 0.0588. The molecule has 0 aliphatic rings. The Hall–Kier alpha value is -2.53. The Labute approximate surface area is 135 Å². The van der Waals surface area contributed by atoms with Gasteiger partial charge >= 0.3 is 0 Å². The number of hydrogen-bond donors (Lipinski definition) is 0. The van der Waals surface area contributed by atoms with Gasteiger partial charge < -0.3 is 0 Å². The summed E-state index contributed by atoms with van der Waals surface area (Å²) in [6, 6.07) is 11.4. The van der Waals surface area contributed by atoms with Crippen molar-refractivity contribution in [3.05, 3.63) is 81.1 Å². The zero-order valence-electron chi connectivity index (χ0n) is 12.1. The van der Waals surface area contributed by atoms with Crippen LogP contribution < -0.4 is 5.56 Å². The lowest BCUT2D eigenvalue weighted by atomic mass is 10.1. The van der Waals surface area contributed by atoms with Crippen LogP contribution in [0.5, 0.6) is 0 Å². The zero-order valence-corrected chi connectivity index (χ0v) is 12.8. The number of benzene rings is 2. The Morgan fingerprint density at radius 2 is 1.87 bits per heavy atom. The lowest BCUT2D eigenvalue weighted by molar-refractivity contribution is 0.624. The number of aryl methyl sites for hydroxylation is 1. The Morgan fingerprint density at radius 3 is 2.57 bits per heavy atom. The Kier molecular flexibility index (Phi) is 3.96. The van der Waals surface area contributed by atoms with E-state index >= 15 is 0 Å². The molecule has 0 atom stereocenters. The van der Waals surface area contributed by atoms with Gasteiger partial charge in [0, 0.05) is 11.1 Å². The Balaban J connectivity index is 2.21. The third kappa shape index (κ3) is 3.00. The van der Waals surface area contributed by atoms with Crippen molar-refractivity contribution >= 4 is 11.6 Å². The molecule has 3 nitrogen and oxygen atoms in total. The molecule has 0 unspecified atom stereocenters. The van der Waals surface area contributed by atoms with Crippen molar-refractivity contribution in [1.29, 1.82) is 0 Å². The van der Waals surface area contributed by atoms with Crippen LogP contribution >= 0.6 is 11.6 Å². The summed E-state index contributed by atoms with van der Waals surface area (Å²) in [4.78, 5) is 12.3. The van der Waals surface area contributed by atoms with Crippen LogP contribution in [0, 0.1) is 18.6 Å². The fourth-order valence-corrected chi connectivity index (χ4v) is 2.31. The molecule has 1 heterocycles. The lowest BCUT2D eigenvalue weighted by Gasteiger charge is -2.09. The van der Waals surface area contributed by atoms with Crippen LogP contribution in [-0.2, 0) is 0 Å². The monoisotopic (exact) mass is 332 g/mol. The summed E-state index contributed by atoms with van der Waals surface area (Å²) in [6.07, 6.45) is 0. The van der Waals surface area contributed by atoms with Gasteiger partial charge in [-0.05, 0) is 43.3 Å². The van der Waals surface area contributed by atoms with Crippen molar-refractivity contribution in [1.82, 2.24) is 9.78 Å². The second-order valence-corrected chi connectivity index (χ2v) is 5.45. The maximum atomic E-state index is 13.6. The SMILES string of the molecule is Cc1cc(-c2ccc(Cl)c(F)c2)nn(-c2cccc(F)c2)c1=O. The molecule has 1 aromatic heterocycles. The van der Waals surface area contributed by atoms with E-state index < -0.39 is 11.6 Å². The molecule has 0 spiro atoms. The highest BCUT2D eigenvalue weighted by atomic mass is 35.5. The minimum absolute atomic E-state index is 0.00363. The third-order valence-electron chi connectivity index (χ3n) is 3.36. The quantitative estimate of drug-likeness (QED) is 0.707. The molecule has 0 bridgehead atoms. The highest BCUT2D eigenvalue weighted by Gasteiger charge is 2.11. The molecule has 0 N–H and O–H groups in total. The summed E-state index contributed by atoms with van der Waals surface area (Å²) in [5.74, 6) is -1.05. The van der Waals surface area contributed by atoms with Gasteiger partial charge in [0.2, 0.25) is 0 Å². The first kappa shape index (κ1) is 15.4. The molecule has 0 fully saturated rings. The van der Waals surface area contributed by atoms with Crippen LogP contribution in [0.3, 0.4) is 0 Å². The summed E-state index contributed by atoms with van der Waals surface area (Å²) in [6.45, 7) is 1.62. The van der Waals surface area contributed by atoms with Gasteiger partial charge in [0.25, 0.3) is 5.56 Å². The van der Waals surface area contributed by atoms with E-state index in [1.165, 1.54) is 30.3 Å². The Bertz CT molecular complexity index is 954. The normalized spacial score (nSPS) is 10.8. The van der Waals surface area contributed by atoms with Gasteiger partial charge in [-0.15, -0.1) is 0 Å². The van der Waals surface area contributed by atoms with Gasteiger partial charge in [0.1, 0.15) is 11.6 Å². The highest BCUT2D eigenvalue weighted by molar-refractivity contribution is 6.30. The van der Waals surface area contributed by atoms with E-state index in [1.54, 1.807) is 25.1 Å². The van der Waals surface area contributed by atoms with Gasteiger partial charge in [0.15, 0.2) is 0 Å². The van der Waals surface area contributed by atoms with Crippen molar-refractivity contribution in [2.45, 2.75) is 6.92 Å². The average molecular weight is 333 g/mol. The van der Waals surface area contributed by atoms with E-state index in [4.69, 9.17) is 11.6 Å². The topological polar surface area (TPSA) is 34.9 Å². The van der Waals surface area contributed by atoms with E-state index in [0.717, 1.165) is 4.68 Å². The van der Waals surface area contributed by atoms with Crippen LogP contribution in [-0.4, -0.2) is 9.78 Å². The molecule has 2 aromatic carbocycles. The number of hydrogen-bond acceptors (Lipinski definition) is 2. The van der Waals surface area contributed by atoms with Gasteiger partial charge in [0.05, 0.1) is 16.4 Å². The van der Waals surface area contributed by atoms with E-state index in [1.807, 2.05) is 0 Å². The standard InChI is InChI=1S/C17H11ClF2N2O/c1-10-7-16(11-5-6-14(18)15(20)8-11)21-22(17(10)23)13-4-2-3-12(19)9-13/h2-9H,1H3. The van der Waals surface area contributed by atoms with E-state index in [9.17, 15) is 13.6 Å². The predicted octanol–water partition coefficient (Wildman–Crippen LogP) is 4.14. The van der Waals surface area contributed by atoms with Gasteiger partial charge in [-0.25, -0.2) is 8.78 Å². The van der Waals surface area contributed by atoms with E-state index in [0.29, 0.717) is 22.5 Å². The number of rotatable bonds is 2. The highest BCUT2D eigenvalue weighted by Crippen LogP contribution is 2.23. The molecule has 3 rings (SSSR count). The minimum Gasteiger partial charge on any atom is -0.267 e. The van der Waals surface area contributed by atoms with Crippen molar-refractivity contribution in [2.75, 3.05) is 0 Å². The molecule has 0 saturated carbocycles. The molecule has 0 aliphatic heterocycles. The maximum absolute atomic E-state index is 13.6. The molecule has 0 radical (unpaired) electrons. The second kappa shape index (κ2) is 5.93. The number of nitrogens with zero attached hydrogens (tertiary/aromatic N) is 2. The summed E-state index contributed by atoms with van der Waals surface area (Å²) in [5.41, 5.74) is 1.21. The van der Waals surface area contributed by atoms with Crippen molar-refractivity contribution in [3.63, 3.8) is 0 Å². The van der Waals surface area contributed by atoms with E-state index in [-0.39, 0.29) is 10.6 Å². The molecule has 0 saturated heterocycles. The first-order valence-corrected chi connectivity index (χ1v) is 7.16. The molecule has 6 heteroatoms. The largest absolute Gasteiger partial charge is 0.274 e. The molecular formula is C17H11ClF2N2O. The molecule has 0 aliphatic carbocycles. The van der Waals surface area contributed by atoms with Crippen LogP contribution in [0.2, 0.25) is 5.02 Å². The molecular weight excluding hydrogens is 322 g/mol. The molecule has 0 amide bonds. The third-order valence-corrected chi connectivity index (χ3v) is 3.67. The summed E-state index contributed by atoms with van der Waals surface area (Å²) >= 11 is 5.68. The van der Waals surface area contributed by atoms with Crippen LogP contribution in [0.4, 0.5) is 8.78 Å². The molecule has 3 aromatic rings. The van der Waals surface area contributed by atoms with Crippen LogP contribution in [0.1, 0.15) is 5.56 Å². The smallest absolute Gasteiger partial charge is 0.267 e. The van der Waals surface area contributed by atoms with E-state index in [2.05, 4.69) is 5.10 Å². The molecule has 23 heavy (non-hydrogen) atoms. The van der Waals surface area contributed by atoms with Crippen LogP contribution in [0.25, 0.3) is 16.9 Å². The van der Waals surface area contributed by atoms with Gasteiger partial charge in [-0.1, -0.05) is 23.7 Å². The zero-order chi connectivity index (χ0) is 16.6. The Morgan fingerprint density at radius 1 is 1.09 bits per heavy atom. The van der Waals surface area contributed by atoms with Gasteiger partial charge in [-0.3, -0.25) is 4.79 Å². The van der Waals surface area contributed by atoms with Crippen molar-refractivity contribution < 1.29 is 8.78 Å². The first-order chi connectivity index (χ1) is 11.0. The average Bonchev–Trinajstić information content (AvgIpc) is 2.52. The number of aromatic nitrogens is 2.